The molecule has 2 nitrogen and oxygen atoms in total. The Morgan fingerprint density at radius 1 is 1.20 bits per heavy atom. The molecule has 0 saturated carbocycles. The van der Waals surface area contributed by atoms with E-state index >= 15 is 0 Å². The Morgan fingerprint density at radius 2 is 1.80 bits per heavy atom. The van der Waals surface area contributed by atoms with Gasteiger partial charge in [-0.25, -0.2) is 4.39 Å². The largest absolute Gasteiger partial charge is 0.389 e. The van der Waals surface area contributed by atoms with Crippen molar-refractivity contribution in [1.82, 2.24) is 0 Å². The van der Waals surface area contributed by atoms with Gasteiger partial charge >= 0.3 is 0 Å². The first-order chi connectivity index (χ1) is 6.97. The van der Waals surface area contributed by atoms with Gasteiger partial charge < -0.3 is 10.2 Å². The van der Waals surface area contributed by atoms with Gasteiger partial charge in [0.15, 0.2) is 0 Å². The van der Waals surface area contributed by atoms with Gasteiger partial charge in [-0.1, -0.05) is 23.2 Å². The van der Waals surface area contributed by atoms with Crippen LogP contribution in [0.2, 0.25) is 10.0 Å². The highest BCUT2D eigenvalue weighted by molar-refractivity contribution is 6.35. The number of hydrogen-bond donors (Lipinski definition) is 2. The van der Waals surface area contributed by atoms with E-state index in [1.807, 2.05) is 0 Å². The predicted octanol–water partition coefficient (Wildman–Crippen LogP) is 2.77. The summed E-state index contributed by atoms with van der Waals surface area (Å²) in [5.41, 5.74) is 0.0618. The molecule has 0 aliphatic carbocycles. The molecule has 2 unspecified atom stereocenters. The molecule has 1 aromatic rings. The molecule has 0 spiro atoms. The first-order valence-corrected chi connectivity index (χ1v) is 5.33. The molecule has 0 radical (unpaired) electrons. The summed E-state index contributed by atoms with van der Waals surface area (Å²) in [6.45, 7) is 0. The maximum atomic E-state index is 13.1. The number of aliphatic hydroxyl groups is 2. The van der Waals surface area contributed by atoms with Crippen LogP contribution in [0.3, 0.4) is 0 Å². The van der Waals surface area contributed by atoms with Crippen molar-refractivity contribution in [3.05, 3.63) is 33.6 Å². The molecule has 6 heteroatoms. The summed E-state index contributed by atoms with van der Waals surface area (Å²) in [5.74, 6) is -0.890. The molecule has 1 rings (SSSR count). The Balaban J connectivity index is 3.09. The lowest BCUT2D eigenvalue weighted by molar-refractivity contribution is 0.0326. The van der Waals surface area contributed by atoms with E-state index < -0.39 is 18.0 Å². The third-order valence-corrected chi connectivity index (χ3v) is 2.81. The highest BCUT2D eigenvalue weighted by Crippen LogP contribution is 2.30. The zero-order valence-corrected chi connectivity index (χ0v) is 9.69. The van der Waals surface area contributed by atoms with Crippen molar-refractivity contribution in [3.63, 3.8) is 0 Å². The lowest BCUT2D eigenvalue weighted by atomic mass is 10.1. The van der Waals surface area contributed by atoms with Crippen molar-refractivity contribution in [3.8, 4) is 0 Å². The molecule has 0 fully saturated rings. The van der Waals surface area contributed by atoms with E-state index in [-0.39, 0.29) is 21.5 Å². The number of alkyl halides is 1. The van der Waals surface area contributed by atoms with Crippen LogP contribution in [-0.4, -0.2) is 22.2 Å². The summed E-state index contributed by atoms with van der Waals surface area (Å²) >= 11 is 16.6. The highest BCUT2D eigenvalue weighted by Gasteiger charge is 2.21. The van der Waals surface area contributed by atoms with E-state index in [0.717, 1.165) is 12.1 Å². The summed E-state index contributed by atoms with van der Waals surface area (Å²) in [5, 5.41) is 18.8. The third kappa shape index (κ3) is 2.95. The molecular formula is C9H8Cl3FO2. The van der Waals surface area contributed by atoms with Crippen LogP contribution in [0.5, 0.6) is 0 Å². The average molecular weight is 274 g/mol. The van der Waals surface area contributed by atoms with Crippen molar-refractivity contribution >= 4 is 34.8 Å². The number of rotatable bonds is 3. The average Bonchev–Trinajstić information content (AvgIpc) is 2.21. The smallest absolute Gasteiger partial charge is 0.142 e. The van der Waals surface area contributed by atoms with Crippen LogP contribution in [0.1, 0.15) is 11.7 Å². The van der Waals surface area contributed by atoms with E-state index in [9.17, 15) is 14.6 Å². The van der Waals surface area contributed by atoms with Crippen molar-refractivity contribution < 1.29 is 14.6 Å². The molecule has 0 aliphatic heterocycles. The molecule has 0 heterocycles. The van der Waals surface area contributed by atoms with Gasteiger partial charge in [-0.05, 0) is 12.1 Å². The molecule has 1 aromatic carbocycles. The number of halogens is 4. The second-order valence-corrected chi connectivity index (χ2v) is 4.08. The lowest BCUT2D eigenvalue weighted by Crippen LogP contribution is -2.20. The lowest BCUT2D eigenvalue weighted by Gasteiger charge is -2.17. The van der Waals surface area contributed by atoms with Gasteiger partial charge in [0.05, 0.1) is 17.0 Å². The van der Waals surface area contributed by atoms with Crippen LogP contribution in [-0.2, 0) is 0 Å². The Labute approximate surface area is 101 Å². The molecule has 0 aromatic heterocycles. The number of benzene rings is 1. The first-order valence-electron chi connectivity index (χ1n) is 4.04. The second-order valence-electron chi connectivity index (χ2n) is 2.95. The van der Waals surface area contributed by atoms with Crippen LogP contribution in [0.15, 0.2) is 12.1 Å². The van der Waals surface area contributed by atoms with Gasteiger partial charge in [0.25, 0.3) is 0 Å². The van der Waals surface area contributed by atoms with Crippen LogP contribution in [0.4, 0.5) is 4.39 Å². The second kappa shape index (κ2) is 5.32. The van der Waals surface area contributed by atoms with Crippen LogP contribution < -0.4 is 0 Å². The standard InChI is InChI=1S/C9H8Cl3FO2/c10-3-8(14)9(15)4-1-7(13)6(12)2-5(4)11/h1-2,8-9,14-15H,3H2. The molecular weight excluding hydrogens is 265 g/mol. The van der Waals surface area contributed by atoms with E-state index in [1.165, 1.54) is 0 Å². The summed E-state index contributed by atoms with van der Waals surface area (Å²) in [6.07, 6.45) is -2.54. The zero-order chi connectivity index (χ0) is 11.6. The Kier molecular flexibility index (Phi) is 4.62. The highest BCUT2D eigenvalue weighted by atomic mass is 35.5. The van der Waals surface area contributed by atoms with Gasteiger partial charge in [0.2, 0.25) is 0 Å². The quantitative estimate of drug-likeness (QED) is 0.657. The SMILES string of the molecule is OC(CCl)C(O)c1cc(F)c(Cl)cc1Cl. The Bertz CT molecular complexity index is 359. The third-order valence-electron chi connectivity index (χ3n) is 1.88. The fourth-order valence-electron chi connectivity index (χ4n) is 1.06. The van der Waals surface area contributed by atoms with Crippen molar-refractivity contribution in [2.45, 2.75) is 12.2 Å². The summed E-state index contributed by atoms with van der Waals surface area (Å²) in [4.78, 5) is 0. The molecule has 2 N–H and O–H groups in total. The molecule has 0 aliphatic rings. The van der Waals surface area contributed by atoms with E-state index in [4.69, 9.17) is 34.8 Å². The minimum absolute atomic E-state index is 0.0618. The zero-order valence-electron chi connectivity index (χ0n) is 7.42. The normalized spacial score (nSPS) is 15.1. The summed E-state index contributed by atoms with van der Waals surface area (Å²) < 4.78 is 13.1. The maximum absolute atomic E-state index is 13.1. The van der Waals surface area contributed by atoms with Gasteiger partial charge in [-0.2, -0.15) is 0 Å². The van der Waals surface area contributed by atoms with Crippen LogP contribution in [0, 0.1) is 5.82 Å². The molecule has 0 amide bonds. The number of aliphatic hydroxyl groups excluding tert-OH is 2. The first kappa shape index (κ1) is 13.0. The fraction of sp³-hybridized carbons (Fsp3) is 0.333. The minimum Gasteiger partial charge on any atom is -0.389 e. The van der Waals surface area contributed by atoms with Crippen molar-refractivity contribution in [2.75, 3.05) is 5.88 Å². The van der Waals surface area contributed by atoms with E-state index in [2.05, 4.69) is 0 Å². The molecule has 0 saturated heterocycles. The van der Waals surface area contributed by atoms with Crippen LogP contribution >= 0.6 is 34.8 Å². The molecule has 0 bridgehead atoms. The summed E-state index contributed by atoms with van der Waals surface area (Å²) in [7, 11) is 0. The number of hydrogen-bond acceptors (Lipinski definition) is 2. The predicted molar refractivity (Wildman–Crippen MR) is 58.1 cm³/mol. The van der Waals surface area contributed by atoms with Gasteiger partial charge in [-0.3, -0.25) is 0 Å². The summed E-state index contributed by atoms with van der Waals surface area (Å²) in [6, 6.07) is 2.14. The Hall–Kier alpha value is -0.0600. The monoisotopic (exact) mass is 272 g/mol. The van der Waals surface area contributed by atoms with E-state index in [1.54, 1.807) is 0 Å². The van der Waals surface area contributed by atoms with Gasteiger partial charge in [-0.15, -0.1) is 11.6 Å². The van der Waals surface area contributed by atoms with Crippen molar-refractivity contribution in [1.29, 1.82) is 0 Å². The molecule has 15 heavy (non-hydrogen) atoms. The fourth-order valence-corrected chi connectivity index (χ4v) is 1.72. The van der Waals surface area contributed by atoms with Crippen LogP contribution in [0.25, 0.3) is 0 Å². The molecule has 84 valence electrons. The minimum atomic E-state index is -1.33. The maximum Gasteiger partial charge on any atom is 0.142 e. The van der Waals surface area contributed by atoms with Crippen molar-refractivity contribution in [2.24, 2.45) is 0 Å². The van der Waals surface area contributed by atoms with Gasteiger partial charge in [0, 0.05) is 10.6 Å². The molecule has 2 atom stereocenters. The Morgan fingerprint density at radius 3 is 2.33 bits per heavy atom. The topological polar surface area (TPSA) is 40.5 Å². The van der Waals surface area contributed by atoms with E-state index in [0.29, 0.717) is 0 Å². The van der Waals surface area contributed by atoms with Gasteiger partial charge in [0.1, 0.15) is 11.9 Å².